The minimum atomic E-state index is -0.202. The molecule has 0 aromatic heterocycles. The Kier molecular flexibility index (Phi) is 6.16. The molecule has 0 bridgehead atoms. The summed E-state index contributed by atoms with van der Waals surface area (Å²) in [7, 11) is 1.54. The van der Waals surface area contributed by atoms with E-state index in [-0.39, 0.29) is 18.4 Å². The molecule has 2 amide bonds. The zero-order valence-corrected chi connectivity index (χ0v) is 16.1. The zero-order chi connectivity index (χ0) is 18.5. The van der Waals surface area contributed by atoms with Crippen LogP contribution in [0.5, 0.6) is 11.5 Å². The van der Waals surface area contributed by atoms with Crippen LogP contribution in [-0.4, -0.2) is 47.8 Å². The van der Waals surface area contributed by atoms with Gasteiger partial charge < -0.3 is 19.7 Å². The van der Waals surface area contributed by atoms with E-state index in [1.165, 1.54) is 25.3 Å². The Balaban J connectivity index is 1.67. The van der Waals surface area contributed by atoms with Crippen LogP contribution in [0.1, 0.15) is 24.8 Å². The number of carbonyl (C=O) groups excluding carboxylic acids is 2. The fourth-order valence-electron chi connectivity index (χ4n) is 2.84. The van der Waals surface area contributed by atoms with E-state index in [0.717, 1.165) is 31.5 Å². The topological polar surface area (TPSA) is 67.9 Å². The fraction of sp³-hybridized carbons (Fsp3) is 0.389. The van der Waals surface area contributed by atoms with Crippen molar-refractivity contribution in [3.63, 3.8) is 0 Å². The number of hydrogen-bond donors (Lipinski definition) is 1. The molecule has 1 N–H and O–H groups in total. The van der Waals surface area contributed by atoms with Crippen molar-refractivity contribution in [2.45, 2.75) is 19.3 Å². The average Bonchev–Trinajstić information content (AvgIpc) is 2.97. The number of benzene rings is 1. The first kappa shape index (κ1) is 18.7. The molecule has 0 saturated carbocycles. The van der Waals surface area contributed by atoms with Gasteiger partial charge in [-0.2, -0.15) is 0 Å². The van der Waals surface area contributed by atoms with Gasteiger partial charge in [-0.15, -0.1) is 0 Å². The van der Waals surface area contributed by atoms with Crippen molar-refractivity contribution in [1.82, 2.24) is 10.2 Å². The number of methoxy groups -OCH3 is 1. The van der Waals surface area contributed by atoms with Crippen LogP contribution in [0.25, 0.3) is 6.08 Å². The van der Waals surface area contributed by atoms with Gasteiger partial charge in [-0.25, -0.2) is 0 Å². The van der Waals surface area contributed by atoms with Gasteiger partial charge >= 0.3 is 0 Å². The number of thiocarbonyl (C=S) groups is 1. The number of piperidine rings is 1. The summed E-state index contributed by atoms with van der Waals surface area (Å²) in [5.74, 6) is 0.799. The number of carbonyl (C=O) groups is 2. The Labute approximate surface area is 161 Å². The molecule has 0 spiro atoms. The predicted molar refractivity (Wildman–Crippen MR) is 105 cm³/mol. The fourth-order valence-corrected chi connectivity index (χ4v) is 3.88. The molecule has 6 nitrogen and oxygen atoms in total. The third kappa shape index (κ3) is 4.56. The van der Waals surface area contributed by atoms with Crippen molar-refractivity contribution in [2.75, 3.05) is 26.8 Å². The summed E-state index contributed by atoms with van der Waals surface area (Å²) in [5, 5.41) is 2.58. The van der Waals surface area contributed by atoms with E-state index in [1.54, 1.807) is 18.2 Å². The maximum absolute atomic E-state index is 12.2. The highest BCUT2D eigenvalue weighted by atomic mass is 32.2. The second-order valence-electron chi connectivity index (χ2n) is 5.99. The Bertz CT molecular complexity index is 758. The molecular formula is C18H20N2O4S2. The first-order valence-electron chi connectivity index (χ1n) is 8.40. The molecule has 2 aliphatic heterocycles. The van der Waals surface area contributed by atoms with Crippen molar-refractivity contribution in [3.05, 3.63) is 28.7 Å². The molecule has 0 aliphatic carbocycles. The van der Waals surface area contributed by atoms with Crippen LogP contribution in [0.15, 0.2) is 23.1 Å². The quantitative estimate of drug-likeness (QED) is 0.614. The molecule has 138 valence electrons. The van der Waals surface area contributed by atoms with E-state index in [2.05, 4.69) is 5.32 Å². The lowest BCUT2D eigenvalue weighted by molar-refractivity contribution is -0.134. The Morgan fingerprint density at radius 2 is 2.08 bits per heavy atom. The minimum Gasteiger partial charge on any atom is -0.493 e. The predicted octanol–water partition coefficient (Wildman–Crippen LogP) is 2.58. The van der Waals surface area contributed by atoms with Crippen LogP contribution in [0.3, 0.4) is 0 Å². The van der Waals surface area contributed by atoms with Gasteiger partial charge in [0.1, 0.15) is 4.32 Å². The second-order valence-corrected chi connectivity index (χ2v) is 7.71. The standard InChI is InChI=1S/C18H20N2O4S2/c1-23-14-9-12(10-15-17(22)19-18(25)26-15)5-6-13(14)24-11-16(21)20-7-3-2-4-8-20/h5-6,9-10H,2-4,7-8,11H2,1H3,(H,19,22,25)/b15-10-. The molecule has 0 unspecified atom stereocenters. The number of thioether (sulfide) groups is 1. The van der Waals surface area contributed by atoms with Crippen molar-refractivity contribution in [3.8, 4) is 11.5 Å². The van der Waals surface area contributed by atoms with Gasteiger partial charge in [0.15, 0.2) is 18.1 Å². The summed E-state index contributed by atoms with van der Waals surface area (Å²) in [6.45, 7) is 1.59. The van der Waals surface area contributed by atoms with Crippen molar-refractivity contribution < 1.29 is 19.1 Å². The summed E-state index contributed by atoms with van der Waals surface area (Å²) < 4.78 is 11.5. The number of nitrogens with one attached hydrogen (secondary N) is 1. The molecule has 2 saturated heterocycles. The van der Waals surface area contributed by atoms with Crippen LogP contribution in [0.4, 0.5) is 0 Å². The first-order chi connectivity index (χ1) is 12.6. The van der Waals surface area contributed by atoms with Gasteiger partial charge in [0, 0.05) is 13.1 Å². The van der Waals surface area contributed by atoms with Crippen molar-refractivity contribution >= 4 is 46.2 Å². The number of likely N-dealkylation sites (tertiary alicyclic amines) is 1. The van der Waals surface area contributed by atoms with E-state index in [1.807, 2.05) is 11.0 Å². The van der Waals surface area contributed by atoms with Crippen molar-refractivity contribution in [2.24, 2.45) is 0 Å². The maximum Gasteiger partial charge on any atom is 0.263 e. The van der Waals surface area contributed by atoms with Gasteiger partial charge in [-0.05, 0) is 43.0 Å². The molecule has 1 aromatic carbocycles. The van der Waals surface area contributed by atoms with E-state index < -0.39 is 0 Å². The van der Waals surface area contributed by atoms with Crippen LogP contribution in [0.2, 0.25) is 0 Å². The maximum atomic E-state index is 12.2. The molecule has 26 heavy (non-hydrogen) atoms. The van der Waals surface area contributed by atoms with Crippen LogP contribution in [0, 0.1) is 0 Å². The Morgan fingerprint density at radius 1 is 1.31 bits per heavy atom. The lowest BCUT2D eigenvalue weighted by Gasteiger charge is -2.26. The number of ether oxygens (including phenoxy) is 2. The third-order valence-electron chi connectivity index (χ3n) is 4.19. The number of amides is 2. The summed E-state index contributed by atoms with van der Waals surface area (Å²) in [6.07, 6.45) is 5.02. The molecule has 3 rings (SSSR count). The lowest BCUT2D eigenvalue weighted by atomic mass is 10.1. The summed E-state index contributed by atoms with van der Waals surface area (Å²) >= 11 is 6.21. The summed E-state index contributed by atoms with van der Waals surface area (Å²) in [5.41, 5.74) is 0.791. The first-order valence-corrected chi connectivity index (χ1v) is 9.63. The molecule has 0 atom stereocenters. The Hall–Kier alpha value is -2.06. The molecule has 2 aliphatic rings. The van der Waals surface area contributed by atoms with Gasteiger partial charge in [0.2, 0.25) is 0 Å². The summed E-state index contributed by atoms with van der Waals surface area (Å²) in [6, 6.07) is 5.32. The number of nitrogens with zero attached hydrogens (tertiary/aromatic N) is 1. The summed E-state index contributed by atoms with van der Waals surface area (Å²) in [4.78, 5) is 26.4. The van der Waals surface area contributed by atoms with Crippen LogP contribution in [-0.2, 0) is 9.59 Å². The highest BCUT2D eigenvalue weighted by Crippen LogP contribution is 2.31. The lowest BCUT2D eigenvalue weighted by Crippen LogP contribution is -2.38. The second kappa shape index (κ2) is 8.55. The number of hydrogen-bond acceptors (Lipinski definition) is 6. The van der Waals surface area contributed by atoms with Gasteiger partial charge in [-0.1, -0.05) is 30.0 Å². The van der Waals surface area contributed by atoms with E-state index >= 15 is 0 Å². The highest BCUT2D eigenvalue weighted by molar-refractivity contribution is 8.26. The molecule has 8 heteroatoms. The van der Waals surface area contributed by atoms with Gasteiger partial charge in [0.05, 0.1) is 12.0 Å². The van der Waals surface area contributed by atoms with E-state index in [0.29, 0.717) is 20.7 Å². The van der Waals surface area contributed by atoms with Gasteiger partial charge in [0.25, 0.3) is 11.8 Å². The highest BCUT2D eigenvalue weighted by Gasteiger charge is 2.22. The SMILES string of the molecule is COc1cc(/C=C2\SC(=S)NC2=O)ccc1OCC(=O)N1CCCCC1. The zero-order valence-electron chi connectivity index (χ0n) is 14.4. The molecule has 0 radical (unpaired) electrons. The normalized spacial score (nSPS) is 18.8. The smallest absolute Gasteiger partial charge is 0.263 e. The largest absolute Gasteiger partial charge is 0.493 e. The number of rotatable bonds is 5. The van der Waals surface area contributed by atoms with Gasteiger partial charge in [-0.3, -0.25) is 9.59 Å². The monoisotopic (exact) mass is 392 g/mol. The van der Waals surface area contributed by atoms with E-state index in [4.69, 9.17) is 21.7 Å². The van der Waals surface area contributed by atoms with Crippen LogP contribution >= 0.6 is 24.0 Å². The van der Waals surface area contributed by atoms with Crippen molar-refractivity contribution in [1.29, 1.82) is 0 Å². The molecule has 2 fully saturated rings. The Morgan fingerprint density at radius 3 is 2.73 bits per heavy atom. The average molecular weight is 393 g/mol. The molecule has 1 aromatic rings. The van der Waals surface area contributed by atoms with Crippen LogP contribution < -0.4 is 14.8 Å². The third-order valence-corrected chi connectivity index (χ3v) is 5.35. The van der Waals surface area contributed by atoms with E-state index in [9.17, 15) is 9.59 Å². The molecular weight excluding hydrogens is 372 g/mol. The molecule has 2 heterocycles. The minimum absolute atomic E-state index is 0.00881.